The number of methoxy groups -OCH3 is 1. The van der Waals surface area contributed by atoms with E-state index in [-0.39, 0.29) is 5.91 Å². The van der Waals surface area contributed by atoms with Gasteiger partial charge in [-0.3, -0.25) is 4.79 Å². The number of hydrogen-bond acceptors (Lipinski definition) is 2. The molecule has 0 unspecified atom stereocenters. The summed E-state index contributed by atoms with van der Waals surface area (Å²) < 4.78 is 5.27. The normalized spacial score (nSPS) is 10.3. The molecule has 1 amide bonds. The van der Waals surface area contributed by atoms with Crippen molar-refractivity contribution in [1.29, 1.82) is 0 Å². The number of halogens is 3. The van der Waals surface area contributed by atoms with Gasteiger partial charge in [-0.05, 0) is 30.7 Å². The molecule has 0 saturated heterocycles. The molecule has 0 radical (unpaired) electrons. The number of hydrogen-bond donors (Lipinski definition) is 1. The van der Waals surface area contributed by atoms with Crippen molar-refractivity contribution in [1.82, 2.24) is 0 Å². The zero-order valence-corrected chi connectivity index (χ0v) is 13.6. The third-order valence-electron chi connectivity index (χ3n) is 2.92. The van der Waals surface area contributed by atoms with Crippen LogP contribution in [0.1, 0.15) is 15.9 Å². The number of aryl methyl sites for hydroxylation is 1. The Morgan fingerprint density at radius 3 is 2.43 bits per heavy atom. The third kappa shape index (κ3) is 3.43. The van der Waals surface area contributed by atoms with Crippen molar-refractivity contribution in [2.24, 2.45) is 0 Å². The molecule has 3 nitrogen and oxygen atoms in total. The Labute approximate surface area is 137 Å². The van der Waals surface area contributed by atoms with Gasteiger partial charge in [0.25, 0.3) is 5.91 Å². The lowest BCUT2D eigenvalue weighted by atomic mass is 10.1. The largest absolute Gasteiger partial charge is 0.496 e. The van der Waals surface area contributed by atoms with Crippen LogP contribution in [0.25, 0.3) is 0 Å². The van der Waals surface area contributed by atoms with E-state index in [1.165, 1.54) is 19.2 Å². The Morgan fingerprint density at radius 1 is 1.10 bits per heavy atom. The SMILES string of the molecule is COc1c(C)cccc1C(=O)Nc1cc(Cl)c(Cl)cc1Cl. The molecule has 0 heterocycles. The second-order valence-corrected chi connectivity index (χ2v) is 5.58. The van der Waals surface area contributed by atoms with Crippen molar-refractivity contribution >= 4 is 46.4 Å². The maximum Gasteiger partial charge on any atom is 0.259 e. The molecular formula is C15H12Cl3NO2. The van der Waals surface area contributed by atoms with Gasteiger partial charge in [0.1, 0.15) is 5.75 Å². The topological polar surface area (TPSA) is 38.3 Å². The second-order valence-electron chi connectivity index (χ2n) is 4.36. The molecule has 21 heavy (non-hydrogen) atoms. The van der Waals surface area contributed by atoms with Crippen molar-refractivity contribution < 1.29 is 9.53 Å². The standard InChI is InChI=1S/C15H12Cl3NO2/c1-8-4-3-5-9(14(8)21-2)15(20)19-13-7-11(17)10(16)6-12(13)18/h3-7H,1-2H3,(H,19,20). The zero-order chi connectivity index (χ0) is 15.6. The molecule has 6 heteroatoms. The third-order valence-corrected chi connectivity index (χ3v) is 3.95. The van der Waals surface area contributed by atoms with Crippen LogP contribution in [0.5, 0.6) is 5.75 Å². The molecule has 1 N–H and O–H groups in total. The lowest BCUT2D eigenvalue weighted by molar-refractivity contribution is 0.102. The van der Waals surface area contributed by atoms with Gasteiger partial charge in [-0.25, -0.2) is 0 Å². The minimum Gasteiger partial charge on any atom is -0.496 e. The summed E-state index contributed by atoms with van der Waals surface area (Å²) in [5.41, 5.74) is 1.67. The molecule has 0 saturated carbocycles. The van der Waals surface area contributed by atoms with Crippen molar-refractivity contribution in [3.8, 4) is 5.75 Å². The lowest BCUT2D eigenvalue weighted by Gasteiger charge is -2.12. The van der Waals surface area contributed by atoms with Gasteiger partial charge in [0, 0.05) is 0 Å². The van der Waals surface area contributed by atoms with Crippen LogP contribution in [0, 0.1) is 6.92 Å². The summed E-state index contributed by atoms with van der Waals surface area (Å²) >= 11 is 17.8. The number of amides is 1. The summed E-state index contributed by atoms with van der Waals surface area (Å²) in [4.78, 5) is 12.4. The number of ether oxygens (including phenoxy) is 1. The van der Waals surface area contributed by atoms with Crippen LogP contribution in [0.2, 0.25) is 15.1 Å². The number of benzene rings is 2. The fraction of sp³-hybridized carbons (Fsp3) is 0.133. The number of carbonyl (C=O) groups excluding carboxylic acids is 1. The first-order chi connectivity index (χ1) is 9.93. The molecule has 110 valence electrons. The van der Waals surface area contributed by atoms with Gasteiger partial charge in [-0.2, -0.15) is 0 Å². The van der Waals surface area contributed by atoms with E-state index >= 15 is 0 Å². The molecule has 0 bridgehead atoms. The molecule has 2 aromatic carbocycles. The van der Waals surface area contributed by atoms with E-state index in [0.717, 1.165) is 5.56 Å². The quantitative estimate of drug-likeness (QED) is 0.776. The highest BCUT2D eigenvalue weighted by Crippen LogP contribution is 2.33. The maximum absolute atomic E-state index is 12.4. The van der Waals surface area contributed by atoms with Crippen LogP contribution in [0.3, 0.4) is 0 Å². The molecule has 2 aromatic rings. The highest BCUT2D eigenvalue weighted by molar-refractivity contribution is 6.44. The molecule has 0 aliphatic rings. The molecule has 0 atom stereocenters. The van der Waals surface area contributed by atoms with Gasteiger partial charge in [0.2, 0.25) is 0 Å². The van der Waals surface area contributed by atoms with E-state index < -0.39 is 0 Å². The first kappa shape index (κ1) is 16.0. The van der Waals surface area contributed by atoms with Crippen LogP contribution in [0.4, 0.5) is 5.69 Å². The van der Waals surface area contributed by atoms with Gasteiger partial charge in [0.05, 0.1) is 33.4 Å². The van der Waals surface area contributed by atoms with Crippen molar-refractivity contribution in [3.05, 3.63) is 56.5 Å². The Hall–Kier alpha value is -1.42. The number of carbonyl (C=O) groups is 1. The number of nitrogens with one attached hydrogen (secondary N) is 1. The highest BCUT2D eigenvalue weighted by atomic mass is 35.5. The predicted molar refractivity (Wildman–Crippen MR) is 87.2 cm³/mol. The van der Waals surface area contributed by atoms with Gasteiger partial charge < -0.3 is 10.1 Å². The molecule has 2 rings (SSSR count). The van der Waals surface area contributed by atoms with Gasteiger partial charge in [-0.15, -0.1) is 0 Å². The van der Waals surface area contributed by atoms with Crippen molar-refractivity contribution in [3.63, 3.8) is 0 Å². The van der Waals surface area contributed by atoms with E-state index in [9.17, 15) is 4.79 Å². The summed E-state index contributed by atoms with van der Waals surface area (Å²) in [7, 11) is 1.52. The van der Waals surface area contributed by atoms with Gasteiger partial charge >= 0.3 is 0 Å². The highest BCUT2D eigenvalue weighted by Gasteiger charge is 2.16. The average molecular weight is 345 g/mol. The Morgan fingerprint density at radius 2 is 1.76 bits per heavy atom. The van der Waals surface area contributed by atoms with Gasteiger partial charge in [0.15, 0.2) is 0 Å². The molecule has 0 aromatic heterocycles. The van der Waals surface area contributed by atoms with Crippen molar-refractivity contribution in [2.75, 3.05) is 12.4 Å². The first-order valence-corrected chi connectivity index (χ1v) is 7.17. The molecule has 0 fully saturated rings. The van der Waals surface area contributed by atoms with Crippen molar-refractivity contribution in [2.45, 2.75) is 6.92 Å². The van der Waals surface area contributed by atoms with Crippen LogP contribution in [-0.2, 0) is 0 Å². The Bertz CT molecular complexity index is 702. The number of anilines is 1. The molecular weight excluding hydrogens is 333 g/mol. The zero-order valence-electron chi connectivity index (χ0n) is 11.3. The molecule has 0 spiro atoms. The predicted octanol–water partition coefficient (Wildman–Crippen LogP) is 5.22. The van der Waals surface area contributed by atoms with Crippen LogP contribution < -0.4 is 10.1 Å². The average Bonchev–Trinajstić information content (AvgIpc) is 2.44. The van der Waals surface area contributed by atoms with Gasteiger partial charge in [-0.1, -0.05) is 46.9 Å². The van der Waals surface area contributed by atoms with E-state index in [1.54, 1.807) is 12.1 Å². The maximum atomic E-state index is 12.4. The minimum absolute atomic E-state index is 0.310. The Kier molecular flexibility index (Phi) is 4.99. The number of rotatable bonds is 3. The van der Waals surface area contributed by atoms with E-state index in [2.05, 4.69) is 5.32 Å². The summed E-state index contributed by atoms with van der Waals surface area (Å²) in [6.07, 6.45) is 0. The first-order valence-electron chi connectivity index (χ1n) is 6.03. The lowest BCUT2D eigenvalue weighted by Crippen LogP contribution is -2.14. The molecule has 0 aliphatic carbocycles. The summed E-state index contributed by atoms with van der Waals surface area (Å²) in [6, 6.07) is 8.30. The summed E-state index contributed by atoms with van der Waals surface area (Å²) in [6.45, 7) is 1.86. The van der Waals surface area contributed by atoms with E-state index in [4.69, 9.17) is 39.5 Å². The van der Waals surface area contributed by atoms with Crippen LogP contribution in [-0.4, -0.2) is 13.0 Å². The molecule has 0 aliphatic heterocycles. The minimum atomic E-state index is -0.337. The fourth-order valence-electron chi connectivity index (χ4n) is 1.91. The van der Waals surface area contributed by atoms with Crippen LogP contribution in [0.15, 0.2) is 30.3 Å². The number of para-hydroxylation sites is 1. The second kappa shape index (κ2) is 6.56. The summed E-state index contributed by atoms with van der Waals surface area (Å²) in [5.74, 6) is 0.182. The Balaban J connectivity index is 2.35. The monoisotopic (exact) mass is 343 g/mol. The van der Waals surface area contributed by atoms with Crippen LogP contribution >= 0.6 is 34.8 Å². The smallest absolute Gasteiger partial charge is 0.259 e. The fourth-order valence-corrected chi connectivity index (χ4v) is 2.50. The summed E-state index contributed by atoms with van der Waals surface area (Å²) in [5, 5.41) is 3.65. The van der Waals surface area contributed by atoms with E-state index in [0.29, 0.717) is 32.1 Å². The van der Waals surface area contributed by atoms with E-state index in [1.807, 2.05) is 13.0 Å².